The predicted molar refractivity (Wildman–Crippen MR) is 75.9 cm³/mol. The number of ether oxygens (including phenoxy) is 1. The number of hydrogen-bond acceptors (Lipinski definition) is 2. The van der Waals surface area contributed by atoms with Gasteiger partial charge < -0.3 is 9.64 Å². The van der Waals surface area contributed by atoms with E-state index in [1.165, 1.54) is 24.1 Å². The number of nitrogens with zero attached hydrogens (tertiary/aromatic N) is 1. The Bertz CT molecular complexity index is 350. The molecule has 0 atom stereocenters. The van der Waals surface area contributed by atoms with E-state index < -0.39 is 0 Å². The zero-order valence-corrected chi connectivity index (χ0v) is 11.9. The van der Waals surface area contributed by atoms with E-state index >= 15 is 0 Å². The number of rotatable bonds is 4. The Morgan fingerprint density at radius 2 is 2.00 bits per heavy atom. The summed E-state index contributed by atoms with van der Waals surface area (Å²) >= 11 is 3.56. The van der Waals surface area contributed by atoms with Gasteiger partial charge in [0, 0.05) is 37.8 Å². The SMILES string of the molecule is CN(CC1CCOCC1)c1ccccc1CBr. The molecule has 1 aliphatic rings. The predicted octanol–water partition coefficient (Wildman–Crippen LogP) is 3.44. The summed E-state index contributed by atoms with van der Waals surface area (Å²) in [5.74, 6) is 0.775. The fourth-order valence-electron chi connectivity index (χ4n) is 2.41. The van der Waals surface area contributed by atoms with Crippen LogP contribution < -0.4 is 4.90 Å². The third-order valence-corrected chi connectivity index (χ3v) is 4.02. The Kier molecular flexibility index (Phi) is 4.86. The molecule has 2 nitrogen and oxygen atoms in total. The van der Waals surface area contributed by atoms with Crippen molar-refractivity contribution in [3.8, 4) is 0 Å². The van der Waals surface area contributed by atoms with Gasteiger partial charge in [0.25, 0.3) is 0 Å². The summed E-state index contributed by atoms with van der Waals surface area (Å²) in [6.45, 7) is 2.99. The highest BCUT2D eigenvalue weighted by molar-refractivity contribution is 9.08. The van der Waals surface area contributed by atoms with Gasteiger partial charge in [0.15, 0.2) is 0 Å². The minimum atomic E-state index is 0.775. The molecule has 0 radical (unpaired) electrons. The van der Waals surface area contributed by atoms with Crippen LogP contribution in [0.4, 0.5) is 5.69 Å². The number of benzene rings is 1. The molecule has 1 heterocycles. The number of para-hydroxylation sites is 1. The molecule has 0 spiro atoms. The topological polar surface area (TPSA) is 12.5 Å². The van der Waals surface area contributed by atoms with E-state index in [-0.39, 0.29) is 0 Å². The van der Waals surface area contributed by atoms with Crippen molar-refractivity contribution in [1.29, 1.82) is 0 Å². The lowest BCUT2D eigenvalue weighted by atomic mass is 9.99. The van der Waals surface area contributed by atoms with Crippen LogP contribution in [0.1, 0.15) is 18.4 Å². The van der Waals surface area contributed by atoms with Crippen LogP contribution in [-0.2, 0) is 10.1 Å². The summed E-state index contributed by atoms with van der Waals surface area (Å²) in [7, 11) is 2.19. The lowest BCUT2D eigenvalue weighted by molar-refractivity contribution is 0.0685. The summed E-state index contributed by atoms with van der Waals surface area (Å²) < 4.78 is 5.41. The number of halogens is 1. The summed E-state index contributed by atoms with van der Waals surface area (Å²) in [5, 5.41) is 0.918. The van der Waals surface area contributed by atoms with Crippen LogP contribution in [-0.4, -0.2) is 26.8 Å². The lowest BCUT2D eigenvalue weighted by Crippen LogP contribution is -2.30. The van der Waals surface area contributed by atoms with Crippen molar-refractivity contribution < 1.29 is 4.74 Å². The smallest absolute Gasteiger partial charge is 0.0469 e. The van der Waals surface area contributed by atoms with E-state index in [0.717, 1.165) is 31.0 Å². The molecular formula is C14H20BrNO. The molecule has 1 fully saturated rings. The lowest BCUT2D eigenvalue weighted by Gasteiger charge is -2.29. The van der Waals surface area contributed by atoms with Crippen molar-refractivity contribution >= 4 is 21.6 Å². The molecule has 0 N–H and O–H groups in total. The third-order valence-electron chi connectivity index (χ3n) is 3.42. The molecule has 0 aromatic heterocycles. The van der Waals surface area contributed by atoms with Crippen molar-refractivity contribution in [2.24, 2.45) is 5.92 Å². The van der Waals surface area contributed by atoms with E-state index in [4.69, 9.17) is 4.74 Å². The quantitative estimate of drug-likeness (QED) is 0.790. The van der Waals surface area contributed by atoms with Gasteiger partial charge in [0.1, 0.15) is 0 Å². The standard InChI is InChI=1S/C14H20BrNO/c1-16(11-12-6-8-17-9-7-12)14-5-3-2-4-13(14)10-15/h2-5,12H,6-11H2,1H3. The highest BCUT2D eigenvalue weighted by Crippen LogP contribution is 2.24. The second kappa shape index (κ2) is 6.41. The van der Waals surface area contributed by atoms with Gasteiger partial charge in [-0.1, -0.05) is 34.1 Å². The second-order valence-corrected chi connectivity index (χ2v) is 5.26. The van der Waals surface area contributed by atoms with Crippen molar-refractivity contribution in [3.05, 3.63) is 29.8 Å². The fourth-order valence-corrected chi connectivity index (χ4v) is 2.89. The molecule has 1 saturated heterocycles. The Balaban J connectivity index is 2.00. The minimum Gasteiger partial charge on any atom is -0.381 e. The number of anilines is 1. The van der Waals surface area contributed by atoms with E-state index in [1.807, 2.05) is 0 Å². The molecule has 94 valence electrons. The Labute approximate surface area is 112 Å². The maximum atomic E-state index is 5.41. The first-order valence-electron chi connectivity index (χ1n) is 6.24. The van der Waals surface area contributed by atoms with Gasteiger partial charge in [-0.05, 0) is 30.4 Å². The highest BCUT2D eigenvalue weighted by atomic mass is 79.9. The van der Waals surface area contributed by atoms with Crippen LogP contribution >= 0.6 is 15.9 Å². The van der Waals surface area contributed by atoms with Crippen LogP contribution in [0, 0.1) is 5.92 Å². The monoisotopic (exact) mass is 297 g/mol. The molecule has 2 rings (SSSR count). The molecule has 0 amide bonds. The minimum absolute atomic E-state index is 0.775. The molecule has 1 aromatic carbocycles. The first-order valence-corrected chi connectivity index (χ1v) is 7.36. The largest absolute Gasteiger partial charge is 0.381 e. The fraction of sp³-hybridized carbons (Fsp3) is 0.571. The van der Waals surface area contributed by atoms with E-state index in [1.54, 1.807) is 0 Å². The van der Waals surface area contributed by atoms with Crippen LogP contribution in [0.2, 0.25) is 0 Å². The van der Waals surface area contributed by atoms with Gasteiger partial charge in [-0.3, -0.25) is 0 Å². The normalized spacial score (nSPS) is 17.1. The Morgan fingerprint density at radius 1 is 1.29 bits per heavy atom. The average molecular weight is 298 g/mol. The van der Waals surface area contributed by atoms with Crippen LogP contribution in [0.5, 0.6) is 0 Å². The van der Waals surface area contributed by atoms with Gasteiger partial charge in [-0.15, -0.1) is 0 Å². The summed E-state index contributed by atoms with van der Waals surface area (Å²) in [5.41, 5.74) is 2.71. The summed E-state index contributed by atoms with van der Waals surface area (Å²) in [4.78, 5) is 2.38. The molecule has 0 saturated carbocycles. The zero-order chi connectivity index (χ0) is 12.1. The maximum Gasteiger partial charge on any atom is 0.0469 e. The van der Waals surface area contributed by atoms with Crippen LogP contribution in [0.3, 0.4) is 0 Å². The highest BCUT2D eigenvalue weighted by Gasteiger charge is 2.16. The van der Waals surface area contributed by atoms with Crippen molar-refractivity contribution in [1.82, 2.24) is 0 Å². The van der Waals surface area contributed by atoms with Gasteiger partial charge >= 0.3 is 0 Å². The molecule has 0 unspecified atom stereocenters. The Morgan fingerprint density at radius 3 is 2.71 bits per heavy atom. The molecule has 1 aliphatic heterocycles. The zero-order valence-electron chi connectivity index (χ0n) is 10.4. The van der Waals surface area contributed by atoms with Gasteiger partial charge in [0.05, 0.1) is 0 Å². The van der Waals surface area contributed by atoms with Crippen LogP contribution in [0.25, 0.3) is 0 Å². The van der Waals surface area contributed by atoms with E-state index in [9.17, 15) is 0 Å². The molecule has 0 bridgehead atoms. The summed E-state index contributed by atoms with van der Waals surface area (Å²) in [6.07, 6.45) is 2.39. The second-order valence-electron chi connectivity index (χ2n) is 4.70. The molecular weight excluding hydrogens is 278 g/mol. The molecule has 1 aromatic rings. The van der Waals surface area contributed by atoms with E-state index in [0.29, 0.717) is 0 Å². The first-order chi connectivity index (χ1) is 8.31. The van der Waals surface area contributed by atoms with E-state index in [2.05, 4.69) is 52.1 Å². The average Bonchev–Trinajstić information content (AvgIpc) is 2.40. The van der Waals surface area contributed by atoms with Crippen molar-refractivity contribution in [3.63, 3.8) is 0 Å². The van der Waals surface area contributed by atoms with Gasteiger partial charge in [-0.2, -0.15) is 0 Å². The van der Waals surface area contributed by atoms with Crippen molar-refractivity contribution in [2.45, 2.75) is 18.2 Å². The molecule has 0 aliphatic carbocycles. The number of hydrogen-bond donors (Lipinski definition) is 0. The first kappa shape index (κ1) is 12.9. The Hall–Kier alpha value is -0.540. The maximum absolute atomic E-state index is 5.41. The molecule has 17 heavy (non-hydrogen) atoms. The number of alkyl halides is 1. The third kappa shape index (κ3) is 3.46. The van der Waals surface area contributed by atoms with Crippen molar-refractivity contribution in [2.75, 3.05) is 31.7 Å². The molecule has 3 heteroatoms. The van der Waals surface area contributed by atoms with Crippen LogP contribution in [0.15, 0.2) is 24.3 Å². The van der Waals surface area contributed by atoms with Gasteiger partial charge in [0.2, 0.25) is 0 Å². The van der Waals surface area contributed by atoms with Gasteiger partial charge in [-0.25, -0.2) is 0 Å². The summed E-state index contributed by atoms with van der Waals surface area (Å²) in [6, 6.07) is 8.60.